The van der Waals surface area contributed by atoms with Crippen LogP contribution in [0.25, 0.3) is 87.8 Å². The topological polar surface area (TPSA) is 25.8 Å². The van der Waals surface area contributed by atoms with Crippen LogP contribution in [0, 0.1) is 0 Å². The van der Waals surface area contributed by atoms with Gasteiger partial charge in [0.15, 0.2) is 0 Å². The first-order chi connectivity index (χ1) is 21.8. The summed E-state index contributed by atoms with van der Waals surface area (Å²) < 4.78 is 0. The molecule has 0 amide bonds. The first-order valence-electron chi connectivity index (χ1n) is 15.0. The first kappa shape index (κ1) is 24.7. The molecule has 0 saturated heterocycles. The normalized spacial score (nSPS) is 11.6. The fourth-order valence-corrected chi connectivity index (χ4v) is 6.64. The van der Waals surface area contributed by atoms with E-state index in [-0.39, 0.29) is 0 Å². The molecule has 2 aromatic heterocycles. The van der Waals surface area contributed by atoms with E-state index in [2.05, 4.69) is 140 Å². The molecule has 7 aromatic carbocycles. The maximum atomic E-state index is 5.17. The number of nitrogens with zero attached hydrogens (tertiary/aromatic N) is 2. The lowest BCUT2D eigenvalue weighted by Gasteiger charge is -2.14. The Morgan fingerprint density at radius 2 is 0.818 bits per heavy atom. The highest BCUT2D eigenvalue weighted by Crippen LogP contribution is 2.39. The molecule has 0 spiro atoms. The minimum Gasteiger partial charge on any atom is -0.245 e. The summed E-state index contributed by atoms with van der Waals surface area (Å²) in [5.41, 5.74) is 8.38. The van der Waals surface area contributed by atoms with Crippen molar-refractivity contribution in [2.75, 3.05) is 0 Å². The van der Waals surface area contributed by atoms with Gasteiger partial charge in [0.05, 0.1) is 22.4 Å². The average Bonchev–Trinajstić information content (AvgIpc) is 3.11. The van der Waals surface area contributed by atoms with E-state index in [1.54, 1.807) is 0 Å². The lowest BCUT2D eigenvalue weighted by Crippen LogP contribution is -1.91. The molecule has 2 heterocycles. The zero-order valence-corrected chi connectivity index (χ0v) is 23.9. The van der Waals surface area contributed by atoms with Crippen molar-refractivity contribution in [2.24, 2.45) is 0 Å². The Morgan fingerprint density at radius 1 is 0.318 bits per heavy atom. The molecule has 44 heavy (non-hydrogen) atoms. The van der Waals surface area contributed by atoms with E-state index in [1.807, 2.05) is 18.2 Å². The summed E-state index contributed by atoms with van der Waals surface area (Å²) in [6.45, 7) is 0. The van der Waals surface area contributed by atoms with Crippen LogP contribution in [0.2, 0.25) is 0 Å². The highest BCUT2D eigenvalue weighted by Gasteiger charge is 2.13. The number of rotatable bonds is 3. The molecule has 0 fully saturated rings. The number of fused-ring (bicyclic) bond motifs is 8. The lowest BCUT2D eigenvalue weighted by atomic mass is 9.90. The third-order valence-electron chi connectivity index (χ3n) is 8.83. The van der Waals surface area contributed by atoms with Crippen molar-refractivity contribution < 1.29 is 0 Å². The van der Waals surface area contributed by atoms with Crippen LogP contribution in [0.5, 0.6) is 0 Å². The predicted molar refractivity (Wildman–Crippen MR) is 186 cm³/mol. The molecule has 0 saturated carbocycles. The van der Waals surface area contributed by atoms with Crippen molar-refractivity contribution in [2.45, 2.75) is 0 Å². The molecule has 0 radical (unpaired) electrons. The average molecular weight is 559 g/mol. The van der Waals surface area contributed by atoms with E-state index in [1.165, 1.54) is 43.4 Å². The van der Waals surface area contributed by atoms with Gasteiger partial charge in [-0.05, 0) is 61.6 Å². The minimum absolute atomic E-state index is 0.926. The van der Waals surface area contributed by atoms with Crippen molar-refractivity contribution in [3.8, 4) is 33.6 Å². The second kappa shape index (κ2) is 9.86. The molecular formula is C42H26N2. The molecule has 9 aromatic rings. The molecule has 0 aliphatic heterocycles. The Kier molecular flexibility index (Phi) is 5.54. The number of hydrogen-bond donors (Lipinski definition) is 0. The molecule has 0 aliphatic carbocycles. The van der Waals surface area contributed by atoms with Crippen molar-refractivity contribution >= 4 is 54.1 Å². The summed E-state index contributed by atoms with van der Waals surface area (Å²) >= 11 is 0. The van der Waals surface area contributed by atoms with Gasteiger partial charge in [-0.25, -0.2) is 9.97 Å². The van der Waals surface area contributed by atoms with E-state index in [0.717, 1.165) is 44.3 Å². The smallest absolute Gasteiger partial charge is 0.0972 e. The maximum absolute atomic E-state index is 5.17. The van der Waals surface area contributed by atoms with E-state index in [0.29, 0.717) is 0 Å². The number of pyridine rings is 2. The van der Waals surface area contributed by atoms with Gasteiger partial charge >= 0.3 is 0 Å². The van der Waals surface area contributed by atoms with Gasteiger partial charge in [-0.3, -0.25) is 0 Å². The van der Waals surface area contributed by atoms with Crippen LogP contribution in [0.1, 0.15) is 0 Å². The molecule has 2 heteroatoms. The van der Waals surface area contributed by atoms with Crippen molar-refractivity contribution in [1.29, 1.82) is 0 Å². The summed E-state index contributed by atoms with van der Waals surface area (Å²) in [4.78, 5) is 10.2. The minimum atomic E-state index is 0.926. The number of benzene rings is 7. The molecule has 9 rings (SSSR count). The zero-order chi connectivity index (χ0) is 29.0. The molecule has 0 aliphatic rings. The lowest BCUT2D eigenvalue weighted by molar-refractivity contribution is 1.36. The van der Waals surface area contributed by atoms with Crippen LogP contribution >= 0.6 is 0 Å². The van der Waals surface area contributed by atoms with Crippen LogP contribution in [-0.2, 0) is 0 Å². The van der Waals surface area contributed by atoms with Crippen molar-refractivity contribution in [3.63, 3.8) is 0 Å². The fraction of sp³-hybridized carbons (Fsp3) is 0. The Balaban J connectivity index is 1.16. The predicted octanol–water partition coefficient (Wildman–Crippen LogP) is 11.2. The van der Waals surface area contributed by atoms with Gasteiger partial charge in [0.25, 0.3) is 0 Å². The van der Waals surface area contributed by atoms with Crippen LogP contribution in [0.3, 0.4) is 0 Å². The van der Waals surface area contributed by atoms with E-state index in [4.69, 9.17) is 9.97 Å². The second-order valence-electron chi connectivity index (χ2n) is 11.4. The summed E-state index contributed by atoms with van der Waals surface area (Å²) in [5.74, 6) is 0. The van der Waals surface area contributed by atoms with Gasteiger partial charge in [-0.2, -0.15) is 0 Å². The fourth-order valence-electron chi connectivity index (χ4n) is 6.64. The van der Waals surface area contributed by atoms with Gasteiger partial charge in [0.2, 0.25) is 0 Å². The zero-order valence-electron chi connectivity index (χ0n) is 23.9. The third kappa shape index (κ3) is 3.96. The molecule has 204 valence electrons. The SMILES string of the molecule is c1ccc(-c2ccc3ccc4ccc(-c5ccc(-c6cc7ccc8ccccc8c7c7ccccc67)cc5)nc4c3n2)cc1. The van der Waals surface area contributed by atoms with Crippen LogP contribution < -0.4 is 0 Å². The summed E-state index contributed by atoms with van der Waals surface area (Å²) in [7, 11) is 0. The Morgan fingerprint density at radius 3 is 1.52 bits per heavy atom. The monoisotopic (exact) mass is 558 g/mol. The van der Waals surface area contributed by atoms with Gasteiger partial charge < -0.3 is 0 Å². The van der Waals surface area contributed by atoms with E-state index >= 15 is 0 Å². The molecule has 2 nitrogen and oxygen atoms in total. The third-order valence-corrected chi connectivity index (χ3v) is 8.83. The molecule has 0 atom stereocenters. The Hall–Kier alpha value is -5.86. The molecule has 0 unspecified atom stereocenters. The van der Waals surface area contributed by atoms with Gasteiger partial charge in [0, 0.05) is 21.9 Å². The Bertz CT molecular complexity index is 2530. The highest BCUT2D eigenvalue weighted by atomic mass is 14.8. The van der Waals surface area contributed by atoms with Gasteiger partial charge in [0.1, 0.15) is 0 Å². The van der Waals surface area contributed by atoms with Gasteiger partial charge in [-0.15, -0.1) is 0 Å². The van der Waals surface area contributed by atoms with Crippen molar-refractivity contribution in [3.05, 3.63) is 158 Å². The van der Waals surface area contributed by atoms with Crippen LogP contribution in [-0.4, -0.2) is 9.97 Å². The first-order valence-corrected chi connectivity index (χ1v) is 15.0. The van der Waals surface area contributed by atoms with Crippen LogP contribution in [0.15, 0.2) is 158 Å². The molecule has 0 N–H and O–H groups in total. The van der Waals surface area contributed by atoms with Crippen LogP contribution in [0.4, 0.5) is 0 Å². The van der Waals surface area contributed by atoms with Crippen molar-refractivity contribution in [1.82, 2.24) is 9.97 Å². The quantitative estimate of drug-likeness (QED) is 0.202. The maximum Gasteiger partial charge on any atom is 0.0972 e. The summed E-state index contributed by atoms with van der Waals surface area (Å²) in [5, 5.41) is 9.86. The largest absolute Gasteiger partial charge is 0.245 e. The number of aromatic nitrogens is 2. The molecular weight excluding hydrogens is 532 g/mol. The molecule has 0 bridgehead atoms. The summed E-state index contributed by atoms with van der Waals surface area (Å²) in [6, 6.07) is 56.2. The van der Waals surface area contributed by atoms with E-state index < -0.39 is 0 Å². The van der Waals surface area contributed by atoms with E-state index in [9.17, 15) is 0 Å². The summed E-state index contributed by atoms with van der Waals surface area (Å²) in [6.07, 6.45) is 0. The number of hydrogen-bond acceptors (Lipinski definition) is 2. The second-order valence-corrected chi connectivity index (χ2v) is 11.4. The van der Waals surface area contributed by atoms with Gasteiger partial charge in [-0.1, -0.05) is 140 Å². The standard InChI is InChI=1S/C42H26N2/c1-2-9-29(10-3-1)38-24-22-31-19-20-32-23-25-39(44-42(32)41(31)43-38)30-17-14-28(15-18-30)37-26-33-21-16-27-8-4-5-11-34(27)40(33)36-13-7-6-12-35(36)37/h1-26H. The Labute approximate surface area is 254 Å². The highest BCUT2D eigenvalue weighted by molar-refractivity contribution is 6.23.